The molecular weight excluding hydrogens is 360 g/mol. The summed E-state index contributed by atoms with van der Waals surface area (Å²) in [5.74, 6) is -0.0817. The Hall–Kier alpha value is -2.97. The summed E-state index contributed by atoms with van der Waals surface area (Å²) in [7, 11) is 0. The maximum atomic E-state index is 13.0. The van der Waals surface area contributed by atoms with E-state index in [0.29, 0.717) is 31.1 Å². The van der Waals surface area contributed by atoms with Gasteiger partial charge in [0, 0.05) is 38.8 Å². The lowest BCUT2D eigenvalue weighted by molar-refractivity contribution is -0.134. The predicted molar refractivity (Wildman–Crippen MR) is 101 cm³/mol. The van der Waals surface area contributed by atoms with Crippen LogP contribution in [-0.4, -0.2) is 68.3 Å². The number of hydrogen-bond donors (Lipinski definition) is 1. The Labute approximate surface area is 162 Å². The van der Waals surface area contributed by atoms with Crippen molar-refractivity contribution in [2.45, 2.75) is 32.1 Å². The Morgan fingerprint density at radius 2 is 1.96 bits per heavy atom. The standard InChI is InChI=1S/C19H24N6O3/c20-17(27)14-11-22-25-15(4-7-21-18(14)25)19(28)23-9-5-13(6-10-23)12-24-8-2-1-3-16(24)26/h4,7,11,13H,1-3,5-6,8-10,12H2,(H2,20,27). The number of amides is 3. The largest absolute Gasteiger partial charge is 0.365 e. The molecule has 0 saturated carbocycles. The molecule has 0 bridgehead atoms. The van der Waals surface area contributed by atoms with Gasteiger partial charge in [0.25, 0.3) is 11.8 Å². The number of hydrogen-bond acceptors (Lipinski definition) is 5. The quantitative estimate of drug-likeness (QED) is 0.833. The highest BCUT2D eigenvalue weighted by Gasteiger charge is 2.28. The third kappa shape index (κ3) is 3.44. The molecule has 0 aliphatic carbocycles. The summed E-state index contributed by atoms with van der Waals surface area (Å²) in [6, 6.07) is 1.60. The van der Waals surface area contributed by atoms with Gasteiger partial charge in [-0.05, 0) is 37.7 Å². The molecule has 9 nitrogen and oxygen atoms in total. The van der Waals surface area contributed by atoms with Crippen molar-refractivity contribution < 1.29 is 14.4 Å². The number of carbonyl (C=O) groups excluding carboxylic acids is 3. The normalized spacial score (nSPS) is 18.6. The molecule has 0 unspecified atom stereocenters. The average Bonchev–Trinajstić information content (AvgIpc) is 3.14. The molecule has 0 atom stereocenters. The van der Waals surface area contributed by atoms with Crippen LogP contribution in [0.2, 0.25) is 0 Å². The van der Waals surface area contributed by atoms with E-state index in [4.69, 9.17) is 5.73 Å². The second-order valence-electron chi connectivity index (χ2n) is 7.52. The van der Waals surface area contributed by atoms with E-state index < -0.39 is 5.91 Å². The van der Waals surface area contributed by atoms with Crippen LogP contribution >= 0.6 is 0 Å². The molecule has 28 heavy (non-hydrogen) atoms. The maximum absolute atomic E-state index is 13.0. The van der Waals surface area contributed by atoms with Gasteiger partial charge in [-0.25, -0.2) is 9.50 Å². The lowest BCUT2D eigenvalue weighted by Gasteiger charge is -2.36. The molecule has 2 aromatic heterocycles. The summed E-state index contributed by atoms with van der Waals surface area (Å²) in [4.78, 5) is 44.4. The Bertz CT molecular complexity index is 916. The Balaban J connectivity index is 1.42. The Kier molecular flexibility index (Phi) is 4.97. The monoisotopic (exact) mass is 384 g/mol. The van der Waals surface area contributed by atoms with Gasteiger partial charge < -0.3 is 15.5 Å². The first-order valence-corrected chi connectivity index (χ1v) is 9.74. The van der Waals surface area contributed by atoms with Crippen LogP contribution in [0.15, 0.2) is 18.5 Å². The van der Waals surface area contributed by atoms with E-state index in [2.05, 4.69) is 10.1 Å². The van der Waals surface area contributed by atoms with E-state index in [9.17, 15) is 14.4 Å². The summed E-state index contributed by atoms with van der Waals surface area (Å²) >= 11 is 0. The summed E-state index contributed by atoms with van der Waals surface area (Å²) in [5, 5.41) is 4.12. The number of piperidine rings is 2. The Morgan fingerprint density at radius 1 is 1.18 bits per heavy atom. The lowest BCUT2D eigenvalue weighted by Crippen LogP contribution is -2.44. The SMILES string of the molecule is NC(=O)c1cnn2c(C(=O)N3CCC(CN4CCCCC4=O)CC3)ccnc12. The zero-order valence-corrected chi connectivity index (χ0v) is 15.7. The van der Waals surface area contributed by atoms with Gasteiger partial charge in [-0.15, -0.1) is 0 Å². The minimum atomic E-state index is -0.625. The number of likely N-dealkylation sites (tertiary alicyclic amines) is 2. The molecule has 9 heteroatoms. The van der Waals surface area contributed by atoms with Crippen LogP contribution in [0.1, 0.15) is 53.0 Å². The highest BCUT2D eigenvalue weighted by atomic mass is 16.2. The molecule has 2 saturated heterocycles. The molecule has 0 radical (unpaired) electrons. The van der Waals surface area contributed by atoms with Crippen molar-refractivity contribution in [2.24, 2.45) is 11.7 Å². The van der Waals surface area contributed by atoms with E-state index >= 15 is 0 Å². The number of primary amides is 1. The van der Waals surface area contributed by atoms with Gasteiger partial charge in [-0.2, -0.15) is 5.10 Å². The zero-order chi connectivity index (χ0) is 19.7. The van der Waals surface area contributed by atoms with Crippen LogP contribution in [-0.2, 0) is 4.79 Å². The lowest BCUT2D eigenvalue weighted by atomic mass is 9.95. The number of nitrogens with two attached hydrogens (primary N) is 1. The average molecular weight is 384 g/mol. The minimum Gasteiger partial charge on any atom is -0.365 e. The highest BCUT2D eigenvalue weighted by molar-refractivity contribution is 5.99. The van der Waals surface area contributed by atoms with E-state index in [-0.39, 0.29) is 23.0 Å². The number of aromatic nitrogens is 3. The van der Waals surface area contributed by atoms with Crippen molar-refractivity contribution >= 4 is 23.4 Å². The van der Waals surface area contributed by atoms with Crippen LogP contribution in [0, 0.1) is 5.92 Å². The molecule has 2 N–H and O–H groups in total. The van der Waals surface area contributed by atoms with Gasteiger partial charge in [-0.3, -0.25) is 14.4 Å². The fourth-order valence-electron chi connectivity index (χ4n) is 4.07. The number of nitrogens with zero attached hydrogens (tertiary/aromatic N) is 5. The van der Waals surface area contributed by atoms with Crippen LogP contribution in [0.25, 0.3) is 5.65 Å². The fraction of sp³-hybridized carbons (Fsp3) is 0.526. The summed E-state index contributed by atoms with van der Waals surface area (Å²) in [6.45, 7) is 2.93. The number of fused-ring (bicyclic) bond motifs is 1. The first-order chi connectivity index (χ1) is 13.5. The molecule has 2 aromatic rings. The van der Waals surface area contributed by atoms with Gasteiger partial charge in [0.1, 0.15) is 11.3 Å². The molecular formula is C19H24N6O3. The molecule has 2 fully saturated rings. The molecule has 0 aromatic carbocycles. The van der Waals surface area contributed by atoms with E-state index in [1.807, 2.05) is 4.90 Å². The Morgan fingerprint density at radius 3 is 2.68 bits per heavy atom. The van der Waals surface area contributed by atoms with Crippen LogP contribution in [0.5, 0.6) is 0 Å². The van der Waals surface area contributed by atoms with Crippen molar-refractivity contribution in [3.05, 3.63) is 29.7 Å². The molecule has 3 amide bonds. The van der Waals surface area contributed by atoms with Crippen molar-refractivity contribution in [1.29, 1.82) is 0 Å². The predicted octanol–water partition coefficient (Wildman–Crippen LogP) is 0.693. The van der Waals surface area contributed by atoms with Crippen molar-refractivity contribution in [2.75, 3.05) is 26.2 Å². The second kappa shape index (κ2) is 7.57. The van der Waals surface area contributed by atoms with Gasteiger partial charge in [-0.1, -0.05) is 0 Å². The first-order valence-electron chi connectivity index (χ1n) is 9.74. The third-order valence-corrected chi connectivity index (χ3v) is 5.69. The fourth-order valence-corrected chi connectivity index (χ4v) is 4.07. The highest BCUT2D eigenvalue weighted by Crippen LogP contribution is 2.22. The summed E-state index contributed by atoms with van der Waals surface area (Å²) in [6.07, 6.45) is 7.30. The van der Waals surface area contributed by atoms with Gasteiger partial charge in [0.15, 0.2) is 5.65 Å². The van der Waals surface area contributed by atoms with Crippen molar-refractivity contribution in [3.63, 3.8) is 0 Å². The van der Waals surface area contributed by atoms with E-state index in [0.717, 1.165) is 38.8 Å². The second-order valence-corrected chi connectivity index (χ2v) is 7.52. The first kappa shape index (κ1) is 18.4. The van der Waals surface area contributed by atoms with Crippen LogP contribution < -0.4 is 5.73 Å². The smallest absolute Gasteiger partial charge is 0.272 e. The number of carbonyl (C=O) groups is 3. The molecule has 148 valence electrons. The molecule has 2 aliphatic heterocycles. The van der Waals surface area contributed by atoms with Crippen molar-refractivity contribution in [3.8, 4) is 0 Å². The molecule has 2 aliphatic rings. The van der Waals surface area contributed by atoms with E-state index in [1.54, 1.807) is 11.0 Å². The summed E-state index contributed by atoms with van der Waals surface area (Å²) in [5.41, 5.74) is 6.19. The van der Waals surface area contributed by atoms with Crippen molar-refractivity contribution in [1.82, 2.24) is 24.4 Å². The van der Waals surface area contributed by atoms with Gasteiger partial charge in [0.05, 0.1) is 6.20 Å². The van der Waals surface area contributed by atoms with Gasteiger partial charge in [0.2, 0.25) is 5.91 Å². The topological polar surface area (TPSA) is 114 Å². The molecule has 4 heterocycles. The molecule has 0 spiro atoms. The summed E-state index contributed by atoms with van der Waals surface area (Å²) < 4.78 is 1.38. The van der Waals surface area contributed by atoms with Crippen LogP contribution in [0.4, 0.5) is 0 Å². The van der Waals surface area contributed by atoms with E-state index in [1.165, 1.54) is 16.9 Å². The number of rotatable bonds is 4. The van der Waals surface area contributed by atoms with Gasteiger partial charge >= 0.3 is 0 Å². The minimum absolute atomic E-state index is 0.140. The maximum Gasteiger partial charge on any atom is 0.272 e. The third-order valence-electron chi connectivity index (χ3n) is 5.69. The van der Waals surface area contributed by atoms with Crippen LogP contribution in [0.3, 0.4) is 0 Å². The zero-order valence-electron chi connectivity index (χ0n) is 15.7. The molecule has 4 rings (SSSR count).